The van der Waals surface area contributed by atoms with Gasteiger partial charge in [0.25, 0.3) is 5.91 Å². The molecule has 1 aromatic rings. The van der Waals surface area contributed by atoms with Gasteiger partial charge in [-0.2, -0.15) is 0 Å². The quantitative estimate of drug-likeness (QED) is 0.635. The summed E-state index contributed by atoms with van der Waals surface area (Å²) in [6.45, 7) is 4.30. The zero-order chi connectivity index (χ0) is 24.7. The van der Waals surface area contributed by atoms with Gasteiger partial charge in [-0.15, -0.1) is 0 Å². The fourth-order valence-corrected chi connectivity index (χ4v) is 6.80. The molecule has 2 amide bonds. The van der Waals surface area contributed by atoms with Crippen molar-refractivity contribution in [2.24, 2.45) is 5.92 Å². The Morgan fingerprint density at radius 3 is 2.60 bits per heavy atom. The number of nitrogens with zero attached hydrogens (tertiary/aromatic N) is 2. The molecule has 1 unspecified atom stereocenters. The van der Waals surface area contributed by atoms with Crippen molar-refractivity contribution in [1.82, 2.24) is 15.1 Å². The molecule has 5 rings (SSSR count). The zero-order valence-corrected chi connectivity index (χ0v) is 20.7. The molecule has 7 heteroatoms. The maximum absolute atomic E-state index is 13.7. The van der Waals surface area contributed by atoms with Crippen molar-refractivity contribution in [2.75, 3.05) is 7.05 Å². The van der Waals surface area contributed by atoms with Crippen LogP contribution in [-0.2, 0) is 17.8 Å². The summed E-state index contributed by atoms with van der Waals surface area (Å²) in [5.74, 6) is -2.22. The highest BCUT2D eigenvalue weighted by atomic mass is 19.3. The second-order valence-electron chi connectivity index (χ2n) is 11.1. The van der Waals surface area contributed by atoms with E-state index in [1.165, 1.54) is 18.4 Å². The monoisotopic (exact) mass is 485 g/mol. The van der Waals surface area contributed by atoms with Crippen LogP contribution in [0.5, 0.6) is 0 Å². The molecule has 1 aromatic carbocycles. The fourth-order valence-electron chi connectivity index (χ4n) is 6.80. The van der Waals surface area contributed by atoms with Crippen molar-refractivity contribution >= 4 is 11.8 Å². The summed E-state index contributed by atoms with van der Waals surface area (Å²) in [6, 6.07) is 6.35. The summed E-state index contributed by atoms with van der Waals surface area (Å²) in [6.07, 6.45) is 8.05. The van der Waals surface area contributed by atoms with Crippen molar-refractivity contribution in [3.05, 3.63) is 47.2 Å². The first kappa shape index (κ1) is 24.4. The van der Waals surface area contributed by atoms with Gasteiger partial charge in [-0.3, -0.25) is 9.59 Å². The zero-order valence-electron chi connectivity index (χ0n) is 20.7. The van der Waals surface area contributed by atoms with E-state index in [-0.39, 0.29) is 30.7 Å². The van der Waals surface area contributed by atoms with Crippen molar-refractivity contribution in [3.8, 4) is 0 Å². The maximum atomic E-state index is 13.7. The molecular formula is C28H37F2N3O2. The van der Waals surface area contributed by atoms with Crippen LogP contribution in [-0.4, -0.2) is 52.7 Å². The molecular weight excluding hydrogens is 448 g/mol. The Labute approximate surface area is 206 Å². The van der Waals surface area contributed by atoms with Crippen LogP contribution in [0.15, 0.2) is 30.5 Å². The van der Waals surface area contributed by atoms with Gasteiger partial charge in [-0.25, -0.2) is 8.78 Å². The van der Waals surface area contributed by atoms with E-state index in [9.17, 15) is 18.4 Å². The van der Waals surface area contributed by atoms with Crippen LogP contribution in [0.4, 0.5) is 8.78 Å². The summed E-state index contributed by atoms with van der Waals surface area (Å²) < 4.78 is 27.4. The smallest absolute Gasteiger partial charge is 0.255 e. The highest BCUT2D eigenvalue weighted by Crippen LogP contribution is 2.39. The Morgan fingerprint density at radius 2 is 1.86 bits per heavy atom. The Kier molecular flexibility index (Phi) is 6.73. The van der Waals surface area contributed by atoms with E-state index < -0.39 is 12.0 Å². The normalized spacial score (nSPS) is 29.4. The Bertz CT molecular complexity index is 1000. The van der Waals surface area contributed by atoms with E-state index in [1.807, 2.05) is 6.07 Å². The van der Waals surface area contributed by atoms with Gasteiger partial charge < -0.3 is 15.1 Å². The average molecular weight is 486 g/mol. The molecule has 190 valence electrons. The van der Waals surface area contributed by atoms with Crippen molar-refractivity contribution in [2.45, 2.75) is 101 Å². The Hall–Kier alpha value is -2.28. The molecule has 2 saturated carbocycles. The molecule has 5 nitrogen and oxygen atoms in total. The largest absolute Gasteiger partial charge is 0.329 e. The van der Waals surface area contributed by atoms with Crippen LogP contribution in [0, 0.1) is 5.92 Å². The lowest BCUT2D eigenvalue weighted by atomic mass is 9.78. The number of hydrogen-bond donors (Lipinski definition) is 1. The number of amides is 2. The van der Waals surface area contributed by atoms with Gasteiger partial charge >= 0.3 is 0 Å². The van der Waals surface area contributed by atoms with Crippen molar-refractivity contribution in [3.63, 3.8) is 0 Å². The molecule has 3 fully saturated rings. The summed E-state index contributed by atoms with van der Waals surface area (Å²) in [5.41, 5.74) is 3.64. The van der Waals surface area contributed by atoms with Crippen LogP contribution in [0.3, 0.4) is 0 Å². The first-order valence-electron chi connectivity index (χ1n) is 13.2. The lowest BCUT2D eigenvalue weighted by molar-refractivity contribution is -0.126. The number of piperidine rings is 1. The van der Waals surface area contributed by atoms with Crippen LogP contribution in [0.2, 0.25) is 0 Å². The summed E-state index contributed by atoms with van der Waals surface area (Å²) in [4.78, 5) is 29.6. The van der Waals surface area contributed by atoms with Gasteiger partial charge in [0.2, 0.25) is 11.8 Å². The molecule has 0 bridgehead atoms. The van der Waals surface area contributed by atoms with Crippen LogP contribution in [0.25, 0.3) is 0 Å². The predicted octanol–water partition coefficient (Wildman–Crippen LogP) is 5.05. The van der Waals surface area contributed by atoms with E-state index in [0.29, 0.717) is 55.4 Å². The molecule has 0 radical (unpaired) electrons. The maximum Gasteiger partial charge on any atom is 0.255 e. The van der Waals surface area contributed by atoms with Gasteiger partial charge in [0.1, 0.15) is 6.04 Å². The minimum absolute atomic E-state index is 0.00186. The SMILES string of the molecule is C=C1CCC(N2Cc3cc(C[C@H]4CCCC[C@@H]4N(C)C4CCC(F)(F)CC4)ccc3C2=O)C(=O)N1. The molecule has 0 aromatic heterocycles. The van der Waals surface area contributed by atoms with Gasteiger partial charge in [0, 0.05) is 42.7 Å². The highest BCUT2D eigenvalue weighted by Gasteiger charge is 2.40. The number of alkyl halides is 2. The van der Waals surface area contributed by atoms with Gasteiger partial charge in [-0.05, 0) is 75.1 Å². The molecule has 3 atom stereocenters. The predicted molar refractivity (Wildman–Crippen MR) is 131 cm³/mol. The third-order valence-electron chi connectivity index (χ3n) is 8.85. The molecule has 2 heterocycles. The molecule has 2 aliphatic heterocycles. The second kappa shape index (κ2) is 9.64. The number of carbonyl (C=O) groups excluding carboxylic acids is 2. The third-order valence-corrected chi connectivity index (χ3v) is 8.85. The topological polar surface area (TPSA) is 52.7 Å². The van der Waals surface area contributed by atoms with Gasteiger partial charge in [-0.1, -0.05) is 31.6 Å². The number of halogens is 2. The van der Waals surface area contributed by atoms with Crippen LogP contribution in [0.1, 0.15) is 85.7 Å². The first-order valence-corrected chi connectivity index (χ1v) is 13.2. The molecule has 1 N–H and O–H groups in total. The summed E-state index contributed by atoms with van der Waals surface area (Å²) in [5, 5.41) is 2.79. The van der Waals surface area contributed by atoms with E-state index in [1.54, 1.807) is 4.90 Å². The molecule has 4 aliphatic rings. The lowest BCUT2D eigenvalue weighted by Crippen LogP contribution is -2.49. The number of nitrogens with one attached hydrogen (secondary N) is 1. The number of benzene rings is 1. The number of fused-ring (bicyclic) bond motifs is 1. The lowest BCUT2D eigenvalue weighted by Gasteiger charge is -2.44. The van der Waals surface area contributed by atoms with Crippen molar-refractivity contribution in [1.29, 1.82) is 0 Å². The summed E-state index contributed by atoms with van der Waals surface area (Å²) in [7, 11) is 2.14. The Morgan fingerprint density at radius 1 is 1.11 bits per heavy atom. The number of carbonyl (C=O) groups is 2. The summed E-state index contributed by atoms with van der Waals surface area (Å²) >= 11 is 0. The molecule has 0 spiro atoms. The van der Waals surface area contributed by atoms with E-state index in [0.717, 1.165) is 24.8 Å². The fraction of sp³-hybridized carbons (Fsp3) is 0.643. The second-order valence-corrected chi connectivity index (χ2v) is 11.1. The molecule has 35 heavy (non-hydrogen) atoms. The minimum atomic E-state index is -2.49. The van der Waals surface area contributed by atoms with E-state index in [4.69, 9.17) is 0 Å². The van der Waals surface area contributed by atoms with E-state index >= 15 is 0 Å². The Balaban J connectivity index is 1.26. The number of rotatable bonds is 5. The van der Waals surface area contributed by atoms with Crippen LogP contribution >= 0.6 is 0 Å². The molecule has 2 aliphatic carbocycles. The standard InChI is InChI=1S/C28H37F2N3O2/c1-18-7-10-25(26(34)31-18)33-17-21-16-19(8-9-23(21)27(33)35)15-20-5-3-4-6-24(20)32(2)22-11-13-28(29,30)14-12-22/h8-9,16,20,22,24-25H,1,3-7,10-15,17H2,2H3,(H,31,34)/t20-,24+,25?/m1/s1. The van der Waals surface area contributed by atoms with Crippen molar-refractivity contribution < 1.29 is 18.4 Å². The highest BCUT2D eigenvalue weighted by molar-refractivity contribution is 6.01. The minimum Gasteiger partial charge on any atom is -0.329 e. The van der Waals surface area contributed by atoms with Gasteiger partial charge in [0.05, 0.1) is 0 Å². The average Bonchev–Trinajstić information content (AvgIpc) is 3.14. The third kappa shape index (κ3) is 5.02. The van der Waals surface area contributed by atoms with Crippen LogP contribution < -0.4 is 5.32 Å². The first-order chi connectivity index (χ1) is 16.7. The molecule has 1 saturated heterocycles. The van der Waals surface area contributed by atoms with Gasteiger partial charge in [0.15, 0.2) is 0 Å². The van der Waals surface area contributed by atoms with E-state index in [2.05, 4.69) is 36.0 Å². The number of allylic oxidation sites excluding steroid dienone is 1. The number of hydrogen-bond acceptors (Lipinski definition) is 3.